The van der Waals surface area contributed by atoms with Gasteiger partial charge in [-0.2, -0.15) is 4.99 Å². The number of rotatable bonds is 5. The molecular formula is C30H37N3O5S. The zero-order valence-electron chi connectivity index (χ0n) is 23.3. The molecule has 0 radical (unpaired) electrons. The minimum atomic E-state index is -1.06. The van der Waals surface area contributed by atoms with Crippen LogP contribution in [0.15, 0.2) is 27.7 Å². The average molecular weight is 552 g/mol. The van der Waals surface area contributed by atoms with Crippen LogP contribution in [0.25, 0.3) is 0 Å². The van der Waals surface area contributed by atoms with E-state index in [1.165, 1.54) is 11.8 Å². The number of hydrogen-bond acceptors (Lipinski definition) is 6. The van der Waals surface area contributed by atoms with E-state index in [1.807, 2.05) is 20.8 Å². The van der Waals surface area contributed by atoms with E-state index in [0.717, 1.165) is 17.8 Å². The summed E-state index contributed by atoms with van der Waals surface area (Å²) in [4.78, 5) is 48.7. The Hall–Kier alpha value is -3.25. The smallest absolute Gasteiger partial charge is 0.348 e. The first kappa shape index (κ1) is 28.8. The minimum Gasteiger partial charge on any atom is -0.477 e. The molecule has 2 amide bonds. The molecular weight excluding hydrogens is 514 g/mol. The van der Waals surface area contributed by atoms with Crippen LogP contribution < -0.4 is 4.90 Å². The van der Waals surface area contributed by atoms with Crippen LogP contribution in [-0.2, 0) is 14.3 Å². The summed E-state index contributed by atoms with van der Waals surface area (Å²) in [6.45, 7) is 10.2. The van der Waals surface area contributed by atoms with E-state index in [-0.39, 0.29) is 58.5 Å². The van der Waals surface area contributed by atoms with Crippen LogP contribution in [0.3, 0.4) is 0 Å². The third kappa shape index (κ3) is 7.24. The molecule has 0 saturated heterocycles. The highest BCUT2D eigenvalue weighted by Gasteiger charge is 2.39. The summed E-state index contributed by atoms with van der Waals surface area (Å²) < 4.78 is 5.88. The second-order valence-electron chi connectivity index (χ2n) is 11.8. The molecule has 2 aliphatic carbocycles. The Morgan fingerprint density at radius 2 is 1.92 bits per heavy atom. The first-order chi connectivity index (χ1) is 18.4. The fourth-order valence-corrected chi connectivity index (χ4v) is 6.19. The van der Waals surface area contributed by atoms with Crippen molar-refractivity contribution in [3.05, 3.63) is 27.5 Å². The van der Waals surface area contributed by atoms with E-state index in [1.54, 1.807) is 11.0 Å². The molecule has 2 atom stereocenters. The number of ether oxygens (including phenoxy) is 1. The van der Waals surface area contributed by atoms with Crippen LogP contribution in [0, 0.1) is 29.1 Å². The molecule has 1 aromatic rings. The SMILES string of the molecule is CC1=CC[C@H](C(=O)N(c2cc(C#CC(C)(C)C)sc2C(=O)O)C2CCC(OC3=NC(=O)CC=N3)CC2)[C@@H](C)C1. The van der Waals surface area contributed by atoms with Crippen molar-refractivity contribution in [2.24, 2.45) is 27.2 Å². The molecule has 0 bridgehead atoms. The Morgan fingerprint density at radius 1 is 1.21 bits per heavy atom. The van der Waals surface area contributed by atoms with E-state index in [4.69, 9.17) is 4.74 Å². The zero-order chi connectivity index (χ0) is 28.3. The van der Waals surface area contributed by atoms with Gasteiger partial charge in [0.2, 0.25) is 5.91 Å². The van der Waals surface area contributed by atoms with Crippen molar-refractivity contribution in [2.75, 3.05) is 4.90 Å². The average Bonchev–Trinajstić information content (AvgIpc) is 3.28. The summed E-state index contributed by atoms with van der Waals surface area (Å²) in [6, 6.07) is 1.69. The van der Waals surface area contributed by atoms with E-state index in [2.05, 4.69) is 41.7 Å². The van der Waals surface area contributed by atoms with Crippen molar-refractivity contribution in [1.82, 2.24) is 0 Å². The summed E-state index contributed by atoms with van der Waals surface area (Å²) in [5, 5.41) is 10.1. The fourth-order valence-electron chi connectivity index (χ4n) is 5.35. The number of amides is 2. The summed E-state index contributed by atoms with van der Waals surface area (Å²) in [5.41, 5.74) is 1.48. The van der Waals surface area contributed by atoms with Crippen LogP contribution in [0.4, 0.5) is 5.69 Å². The van der Waals surface area contributed by atoms with Gasteiger partial charge in [-0.15, -0.1) is 11.3 Å². The van der Waals surface area contributed by atoms with Gasteiger partial charge in [-0.05, 0) is 78.2 Å². The number of hydrogen-bond donors (Lipinski definition) is 1. The van der Waals surface area contributed by atoms with E-state index < -0.39 is 5.97 Å². The number of carboxylic acid groups (broad SMARTS) is 1. The summed E-state index contributed by atoms with van der Waals surface area (Å²) >= 11 is 1.12. The van der Waals surface area contributed by atoms with Crippen LogP contribution in [0.2, 0.25) is 0 Å². The summed E-state index contributed by atoms with van der Waals surface area (Å²) in [7, 11) is 0. The normalized spacial score (nSPS) is 25.2. The van der Waals surface area contributed by atoms with Crippen molar-refractivity contribution in [1.29, 1.82) is 0 Å². The van der Waals surface area contributed by atoms with Gasteiger partial charge in [0, 0.05) is 23.6 Å². The molecule has 1 fully saturated rings. The maximum absolute atomic E-state index is 14.2. The topological polar surface area (TPSA) is 109 Å². The lowest BCUT2D eigenvalue weighted by Crippen LogP contribution is -2.48. The maximum atomic E-state index is 14.2. The molecule has 9 heteroatoms. The molecule has 3 aliphatic rings. The molecule has 1 saturated carbocycles. The van der Waals surface area contributed by atoms with Gasteiger partial charge in [0.05, 0.1) is 17.0 Å². The second-order valence-corrected chi connectivity index (χ2v) is 12.8. The Bertz CT molecular complexity index is 1280. The Balaban J connectivity index is 1.63. The lowest BCUT2D eigenvalue weighted by molar-refractivity contribution is -0.124. The number of aliphatic imine (C=N–C) groups is 2. The van der Waals surface area contributed by atoms with Crippen molar-refractivity contribution >= 4 is 47.0 Å². The second kappa shape index (κ2) is 11.9. The van der Waals surface area contributed by atoms with Crippen LogP contribution in [0.5, 0.6) is 0 Å². The molecule has 8 nitrogen and oxygen atoms in total. The third-order valence-electron chi connectivity index (χ3n) is 7.30. The number of thiophene rings is 1. The van der Waals surface area contributed by atoms with Gasteiger partial charge in [-0.3, -0.25) is 9.59 Å². The van der Waals surface area contributed by atoms with Gasteiger partial charge >= 0.3 is 12.0 Å². The third-order valence-corrected chi connectivity index (χ3v) is 8.33. The molecule has 2 heterocycles. The molecule has 1 aliphatic heterocycles. The van der Waals surface area contributed by atoms with Gasteiger partial charge in [0.25, 0.3) is 5.91 Å². The number of aromatic carboxylic acids is 1. The number of amidine groups is 1. The molecule has 0 aromatic carbocycles. The maximum Gasteiger partial charge on any atom is 0.348 e. The predicted molar refractivity (Wildman–Crippen MR) is 153 cm³/mol. The highest BCUT2D eigenvalue weighted by Crippen LogP contribution is 2.39. The first-order valence-corrected chi connectivity index (χ1v) is 14.4. The van der Waals surface area contributed by atoms with Crippen molar-refractivity contribution < 1.29 is 24.2 Å². The van der Waals surface area contributed by atoms with Crippen LogP contribution in [0.1, 0.15) is 94.1 Å². The number of anilines is 1. The molecule has 1 N–H and O–H groups in total. The van der Waals surface area contributed by atoms with Gasteiger partial charge in [0.15, 0.2) is 0 Å². The first-order valence-electron chi connectivity index (χ1n) is 13.6. The summed E-state index contributed by atoms with van der Waals surface area (Å²) in [6.07, 6.45) is 7.68. The number of carbonyl (C=O) groups is 3. The predicted octanol–water partition coefficient (Wildman–Crippen LogP) is 5.85. The van der Waals surface area contributed by atoms with Crippen molar-refractivity contribution in [3.63, 3.8) is 0 Å². The van der Waals surface area contributed by atoms with Gasteiger partial charge < -0.3 is 14.7 Å². The molecule has 0 spiro atoms. The van der Waals surface area contributed by atoms with Gasteiger partial charge in [0.1, 0.15) is 11.0 Å². The minimum absolute atomic E-state index is 0.0295. The standard InChI is InChI=1S/C30H37N3O5S/c1-18-6-11-23(19(2)16-18)27(35)33(24-17-22(12-14-30(3,4)5)39-26(24)28(36)37)20-7-9-21(10-8-20)38-29-31-15-13-25(34)32-29/h6,15,17,19-21,23H,7-11,13,16H2,1-5H3,(H,36,37)/t19-,20?,21?,23-/m0/s1. The molecule has 0 unspecified atom stereocenters. The lowest BCUT2D eigenvalue weighted by Gasteiger charge is -2.40. The van der Waals surface area contributed by atoms with Crippen LogP contribution >= 0.6 is 11.3 Å². The van der Waals surface area contributed by atoms with Crippen molar-refractivity contribution in [3.8, 4) is 11.8 Å². The van der Waals surface area contributed by atoms with Gasteiger partial charge in [-0.1, -0.05) is 30.4 Å². The Labute approximate surface area is 234 Å². The van der Waals surface area contributed by atoms with Crippen LogP contribution in [-0.4, -0.2) is 47.3 Å². The largest absolute Gasteiger partial charge is 0.477 e. The number of allylic oxidation sites excluding steroid dienone is 2. The van der Waals surface area contributed by atoms with E-state index >= 15 is 0 Å². The fraction of sp³-hybridized carbons (Fsp3) is 0.567. The van der Waals surface area contributed by atoms with Crippen molar-refractivity contribution in [2.45, 2.75) is 91.7 Å². The van der Waals surface area contributed by atoms with E-state index in [9.17, 15) is 19.5 Å². The highest BCUT2D eigenvalue weighted by atomic mass is 32.1. The lowest BCUT2D eigenvalue weighted by atomic mass is 9.79. The molecule has 39 heavy (non-hydrogen) atoms. The monoisotopic (exact) mass is 551 g/mol. The number of carbonyl (C=O) groups excluding carboxylic acids is 2. The Morgan fingerprint density at radius 3 is 2.54 bits per heavy atom. The highest BCUT2D eigenvalue weighted by molar-refractivity contribution is 7.15. The number of carboxylic acids is 1. The molecule has 208 valence electrons. The quantitative estimate of drug-likeness (QED) is 0.365. The zero-order valence-corrected chi connectivity index (χ0v) is 24.1. The van der Waals surface area contributed by atoms with Gasteiger partial charge in [-0.25, -0.2) is 9.79 Å². The number of nitrogens with zero attached hydrogens (tertiary/aromatic N) is 3. The van der Waals surface area contributed by atoms with E-state index in [0.29, 0.717) is 42.7 Å². The molecule has 4 rings (SSSR count). The summed E-state index contributed by atoms with van der Waals surface area (Å²) in [5.74, 6) is 4.89. The molecule has 1 aromatic heterocycles. The Kier molecular flexibility index (Phi) is 8.75.